The number of ether oxygens (including phenoxy) is 2. The van der Waals surface area contributed by atoms with Gasteiger partial charge in [0.05, 0.1) is 25.7 Å². The zero-order chi connectivity index (χ0) is 32.0. The van der Waals surface area contributed by atoms with E-state index in [0.717, 1.165) is 53.6 Å². The Hall–Kier alpha value is -3.52. The first-order valence-electron chi connectivity index (χ1n) is 14.7. The van der Waals surface area contributed by atoms with E-state index >= 15 is 0 Å². The van der Waals surface area contributed by atoms with Gasteiger partial charge in [0.1, 0.15) is 29.7 Å². The van der Waals surface area contributed by atoms with E-state index in [2.05, 4.69) is 5.32 Å². The van der Waals surface area contributed by atoms with Gasteiger partial charge in [-0.05, 0) is 90.9 Å². The highest BCUT2D eigenvalue weighted by Crippen LogP contribution is 2.40. The van der Waals surface area contributed by atoms with Crippen molar-refractivity contribution >= 4 is 80.6 Å². The van der Waals surface area contributed by atoms with Gasteiger partial charge in [0.2, 0.25) is 0 Å². The summed E-state index contributed by atoms with van der Waals surface area (Å²) < 4.78 is 12.4. The Labute approximate surface area is 291 Å². The third kappa shape index (κ3) is 7.88. The highest BCUT2D eigenvalue weighted by atomic mass is 35.5. The number of anilines is 1. The number of hydrogen-bond donors (Lipinski definition) is 1. The van der Waals surface area contributed by atoms with Gasteiger partial charge in [-0.3, -0.25) is 4.79 Å². The largest absolute Gasteiger partial charge is 0.489 e. The Kier molecular flexibility index (Phi) is 10.5. The van der Waals surface area contributed by atoms with Crippen molar-refractivity contribution in [1.29, 1.82) is 0 Å². The number of aliphatic imine (C=N–C) groups is 1. The van der Waals surface area contributed by atoms with E-state index in [1.165, 1.54) is 4.88 Å². The van der Waals surface area contributed by atoms with E-state index in [0.29, 0.717) is 42.2 Å². The lowest BCUT2D eigenvalue weighted by Crippen LogP contribution is -2.14. The van der Waals surface area contributed by atoms with Gasteiger partial charge in [0.15, 0.2) is 0 Å². The van der Waals surface area contributed by atoms with Crippen molar-refractivity contribution in [2.75, 3.05) is 5.32 Å². The summed E-state index contributed by atoms with van der Waals surface area (Å²) in [5, 5.41) is 5.60. The van der Waals surface area contributed by atoms with E-state index in [1.807, 2.05) is 60.7 Å². The van der Waals surface area contributed by atoms with Crippen LogP contribution in [0.25, 0.3) is 0 Å². The normalized spacial score (nSPS) is 12.6. The quantitative estimate of drug-likeness (QED) is 0.147. The van der Waals surface area contributed by atoms with Gasteiger partial charge in [-0.15, -0.1) is 11.3 Å². The molecule has 5 nitrogen and oxygen atoms in total. The fourth-order valence-corrected chi connectivity index (χ4v) is 7.01. The second kappa shape index (κ2) is 14.9. The molecule has 0 bridgehead atoms. The molecule has 0 saturated carbocycles. The molecule has 0 atom stereocenters. The molecule has 1 aliphatic rings. The number of benzene rings is 4. The lowest BCUT2D eigenvalue weighted by molar-refractivity contribution is 0.102. The van der Waals surface area contributed by atoms with Crippen LogP contribution in [0.3, 0.4) is 0 Å². The van der Waals surface area contributed by atoms with Crippen LogP contribution in [0.5, 0.6) is 11.5 Å². The number of amides is 1. The molecule has 0 fully saturated rings. The molecule has 5 aromatic rings. The summed E-state index contributed by atoms with van der Waals surface area (Å²) >= 11 is 26.2. The number of aryl methyl sites for hydroxylation is 1. The molecule has 234 valence electrons. The predicted molar refractivity (Wildman–Crippen MR) is 191 cm³/mol. The van der Waals surface area contributed by atoms with Crippen LogP contribution in [0, 0.1) is 0 Å². The van der Waals surface area contributed by atoms with Crippen molar-refractivity contribution in [2.45, 2.75) is 38.9 Å². The highest BCUT2D eigenvalue weighted by molar-refractivity contribution is 7.16. The van der Waals surface area contributed by atoms with Gasteiger partial charge < -0.3 is 14.8 Å². The number of thiophene rings is 1. The fourth-order valence-electron chi connectivity index (χ4n) is 5.14. The Bertz CT molecular complexity index is 1910. The first-order valence-corrected chi connectivity index (χ1v) is 17.0. The summed E-state index contributed by atoms with van der Waals surface area (Å²) in [6, 6.07) is 25.8. The van der Waals surface area contributed by atoms with E-state index in [9.17, 15) is 4.79 Å². The summed E-state index contributed by atoms with van der Waals surface area (Å²) in [7, 11) is 0. The maximum atomic E-state index is 13.6. The van der Waals surface area contributed by atoms with Crippen molar-refractivity contribution in [3.8, 4) is 11.5 Å². The van der Waals surface area contributed by atoms with Gasteiger partial charge in [-0.2, -0.15) is 0 Å². The maximum absolute atomic E-state index is 13.6. The summed E-state index contributed by atoms with van der Waals surface area (Å²) in [6.45, 7) is 0.531. The van der Waals surface area contributed by atoms with Crippen molar-refractivity contribution in [1.82, 2.24) is 0 Å². The standard InChI is InChI=1S/C36H28Cl4N2O3S/c37-28-14-10-22(16-30(28)39)20-44-26-13-12-24(32(18-26)45-21-23-11-15-29(38)31(40)17-23)19-41-36-34(27-8-4-5-9-33(27)46-36)35(43)42-25-6-2-1-3-7-25/h1-3,6-7,10-19H,4-5,8-9,20-21H2,(H,42,43). The molecule has 1 N–H and O–H groups in total. The minimum absolute atomic E-state index is 0.153. The predicted octanol–water partition coefficient (Wildman–Crippen LogP) is 11.4. The topological polar surface area (TPSA) is 59.9 Å². The molecule has 1 amide bonds. The van der Waals surface area contributed by atoms with Crippen LogP contribution in [0.4, 0.5) is 10.7 Å². The number of halogens is 4. The second-order valence-electron chi connectivity index (χ2n) is 10.7. The van der Waals surface area contributed by atoms with E-state index < -0.39 is 0 Å². The molecule has 0 spiro atoms. The molecule has 1 aliphatic carbocycles. The van der Waals surface area contributed by atoms with Crippen LogP contribution in [0.1, 0.15) is 50.3 Å². The number of nitrogens with zero attached hydrogens (tertiary/aromatic N) is 1. The maximum Gasteiger partial charge on any atom is 0.259 e. The number of fused-ring (bicyclic) bond motifs is 1. The Balaban J connectivity index is 1.29. The molecule has 10 heteroatoms. The van der Waals surface area contributed by atoms with Crippen LogP contribution < -0.4 is 14.8 Å². The first-order chi connectivity index (χ1) is 22.3. The van der Waals surface area contributed by atoms with E-state index in [1.54, 1.807) is 41.8 Å². The lowest BCUT2D eigenvalue weighted by atomic mass is 9.95. The smallest absolute Gasteiger partial charge is 0.259 e. The zero-order valence-electron chi connectivity index (χ0n) is 24.5. The number of carbonyl (C=O) groups is 1. The minimum atomic E-state index is -0.153. The molecule has 6 rings (SSSR count). The summed E-state index contributed by atoms with van der Waals surface area (Å²) in [4.78, 5) is 19.7. The first kappa shape index (κ1) is 32.4. The third-order valence-corrected chi connectivity index (χ3v) is 10.2. The molecule has 0 radical (unpaired) electrons. The molecule has 1 heterocycles. The molecular weight excluding hydrogens is 682 g/mol. The number of hydrogen-bond acceptors (Lipinski definition) is 5. The van der Waals surface area contributed by atoms with Crippen LogP contribution in [0.15, 0.2) is 89.9 Å². The van der Waals surface area contributed by atoms with Gasteiger partial charge in [0, 0.05) is 28.4 Å². The van der Waals surface area contributed by atoms with Crippen molar-refractivity contribution in [3.05, 3.63) is 138 Å². The van der Waals surface area contributed by atoms with Crippen LogP contribution in [-0.4, -0.2) is 12.1 Å². The number of para-hydroxylation sites is 1. The third-order valence-electron chi connectivity index (χ3n) is 7.49. The summed E-state index contributed by atoms with van der Waals surface area (Å²) in [6.07, 6.45) is 5.71. The molecule has 46 heavy (non-hydrogen) atoms. The number of nitrogens with one attached hydrogen (secondary N) is 1. The monoisotopic (exact) mass is 708 g/mol. The molecule has 0 aliphatic heterocycles. The Morgan fingerprint density at radius 3 is 2.15 bits per heavy atom. The van der Waals surface area contributed by atoms with Crippen molar-refractivity contribution < 1.29 is 14.3 Å². The average molecular weight is 711 g/mol. The highest BCUT2D eigenvalue weighted by Gasteiger charge is 2.25. The van der Waals surface area contributed by atoms with Crippen molar-refractivity contribution in [2.24, 2.45) is 4.99 Å². The molecule has 4 aromatic carbocycles. The number of carbonyl (C=O) groups excluding carboxylic acids is 1. The fraction of sp³-hybridized carbons (Fsp3) is 0.167. The minimum Gasteiger partial charge on any atom is -0.489 e. The molecule has 1 aromatic heterocycles. The van der Waals surface area contributed by atoms with Gasteiger partial charge in [0.25, 0.3) is 5.91 Å². The zero-order valence-corrected chi connectivity index (χ0v) is 28.3. The van der Waals surface area contributed by atoms with Gasteiger partial charge in [-0.25, -0.2) is 4.99 Å². The van der Waals surface area contributed by atoms with E-state index in [4.69, 9.17) is 60.9 Å². The van der Waals surface area contributed by atoms with Crippen LogP contribution in [-0.2, 0) is 26.1 Å². The van der Waals surface area contributed by atoms with Gasteiger partial charge in [-0.1, -0.05) is 76.7 Å². The van der Waals surface area contributed by atoms with Crippen LogP contribution in [0.2, 0.25) is 20.1 Å². The summed E-state index contributed by atoms with van der Waals surface area (Å²) in [5.74, 6) is 1.000. The molecule has 0 saturated heterocycles. The lowest BCUT2D eigenvalue weighted by Gasteiger charge is -2.13. The summed E-state index contributed by atoms with van der Waals surface area (Å²) in [5.41, 5.74) is 4.93. The van der Waals surface area contributed by atoms with E-state index in [-0.39, 0.29) is 19.1 Å². The average Bonchev–Trinajstić information content (AvgIpc) is 3.44. The van der Waals surface area contributed by atoms with Crippen LogP contribution >= 0.6 is 57.7 Å². The Morgan fingerprint density at radius 1 is 0.783 bits per heavy atom. The van der Waals surface area contributed by atoms with Crippen molar-refractivity contribution in [3.63, 3.8) is 0 Å². The molecular formula is C36H28Cl4N2O3S. The number of rotatable bonds is 10. The molecule has 0 unspecified atom stereocenters. The SMILES string of the molecule is O=C(Nc1ccccc1)c1c(N=Cc2ccc(OCc3ccc(Cl)c(Cl)c3)cc2OCc2ccc(Cl)c(Cl)c2)sc2c1CCCC2. The second-order valence-corrected chi connectivity index (χ2v) is 13.5. The Morgan fingerprint density at radius 2 is 1.46 bits per heavy atom. The van der Waals surface area contributed by atoms with Gasteiger partial charge >= 0.3 is 0 Å².